The molecule has 80 heavy (non-hydrogen) atoms. The largest absolute Gasteiger partial charge is 0.427 e. The van der Waals surface area contributed by atoms with Crippen LogP contribution < -0.4 is 27.0 Å². The zero-order chi connectivity index (χ0) is 58.4. The van der Waals surface area contributed by atoms with Gasteiger partial charge in [-0.05, 0) is 84.1 Å². The lowest BCUT2D eigenvalue weighted by molar-refractivity contribution is -0.174. The molecule has 4 aliphatic rings. The minimum atomic E-state index is -1.02. The lowest BCUT2D eigenvalue weighted by Gasteiger charge is -2.49. The molecule has 0 bridgehead atoms. The third-order valence-corrected chi connectivity index (χ3v) is 17.8. The maximum absolute atomic E-state index is 13.8. The molecule has 4 aliphatic heterocycles. The van der Waals surface area contributed by atoms with E-state index in [0.29, 0.717) is 37.8 Å². The highest BCUT2D eigenvalue weighted by Crippen LogP contribution is 2.43. The Kier molecular flexibility index (Phi) is 19.4. The summed E-state index contributed by atoms with van der Waals surface area (Å²) in [6, 6.07) is -2.02. The van der Waals surface area contributed by atoms with E-state index in [-0.39, 0.29) is 46.3 Å². The second kappa shape index (κ2) is 25.6. The van der Waals surface area contributed by atoms with Crippen LogP contribution in [0.3, 0.4) is 0 Å². The Bertz CT molecular complexity index is 3210. The van der Waals surface area contributed by atoms with Crippen LogP contribution in [0.25, 0.3) is 17.2 Å². The number of hydrogen-bond donors (Lipinski definition) is 5. The molecule has 424 valence electrons. The lowest BCUT2D eigenvalue weighted by atomic mass is 9.97. The standard InChI is InChI=1S/C52H58N10O12S6/c1-12-75-33(27(4)53)15-13-29-17-76-43-35(41(65)61(43)37(29)45(67)71-23-73-47(69)51(6,7)8)59-39(63)25(2)31-19-78-49(57-31)54-21-55-50-58-32(20-79-50)26(3)40(64)60-36-42(66)62-38(46(68)72-24-74-48(70)52(9,10)11)30(18-77-44(36)62)14-16-34-28(5)56-22-80-34/h12-16,19-20,22,35-36,43-44H,1-3,17-18,21,23-24,53H2,4-11H3,(H,54,57)(H,55,58)(H,59,63)(H,60,64)/b15-13-,16-14-,33-27-/t35?,36-,43-,44-/m1/s1. The van der Waals surface area contributed by atoms with Crippen molar-refractivity contribution in [3.05, 3.63) is 115 Å². The van der Waals surface area contributed by atoms with Crippen molar-refractivity contribution in [3.63, 3.8) is 0 Å². The van der Waals surface area contributed by atoms with Gasteiger partial charge in [0.15, 0.2) is 10.3 Å². The van der Waals surface area contributed by atoms with E-state index in [2.05, 4.69) is 56.0 Å². The summed E-state index contributed by atoms with van der Waals surface area (Å²) >= 11 is 7.75. The molecule has 7 heterocycles. The number of esters is 4. The van der Waals surface area contributed by atoms with Crippen molar-refractivity contribution < 1.29 is 57.3 Å². The molecule has 3 aromatic heterocycles. The number of carbonyl (C=O) groups is 8. The minimum Gasteiger partial charge on any atom is -0.427 e. The smallest absolute Gasteiger partial charge is 0.358 e. The van der Waals surface area contributed by atoms with Crippen LogP contribution in [0, 0.1) is 17.8 Å². The molecule has 2 fully saturated rings. The first-order valence-corrected chi connectivity index (χ1v) is 29.9. The van der Waals surface area contributed by atoms with Crippen LogP contribution in [0.2, 0.25) is 0 Å². The molecular formula is C52H58N10O12S6. The fraction of sp³-hybridized carbons (Fsp3) is 0.365. The molecule has 4 amide bonds. The second-order valence-corrected chi connectivity index (χ2v) is 25.6. The lowest BCUT2D eigenvalue weighted by Crippen LogP contribution is -2.70. The molecule has 1 unspecified atom stereocenters. The second-order valence-electron chi connectivity index (χ2n) is 19.8. The number of carbonyl (C=O) groups excluding carboxylic acids is 8. The Morgan fingerprint density at radius 2 is 1.20 bits per heavy atom. The van der Waals surface area contributed by atoms with E-state index < -0.39 is 94.8 Å². The van der Waals surface area contributed by atoms with E-state index in [0.717, 1.165) is 10.6 Å². The summed E-state index contributed by atoms with van der Waals surface area (Å²) in [4.78, 5) is 124. The van der Waals surface area contributed by atoms with Gasteiger partial charge in [-0.3, -0.25) is 38.6 Å². The zero-order valence-corrected chi connectivity index (χ0v) is 49.6. The van der Waals surface area contributed by atoms with Crippen molar-refractivity contribution in [2.45, 2.75) is 78.2 Å². The quantitative estimate of drug-likeness (QED) is 0.0230. The summed E-state index contributed by atoms with van der Waals surface area (Å²) < 4.78 is 21.0. The van der Waals surface area contributed by atoms with Crippen LogP contribution in [-0.4, -0.2) is 127 Å². The highest BCUT2D eigenvalue weighted by atomic mass is 32.2. The molecular weight excluding hydrogens is 1150 g/mol. The number of ether oxygens (including phenoxy) is 4. The van der Waals surface area contributed by atoms with E-state index >= 15 is 0 Å². The first-order valence-electron chi connectivity index (χ1n) is 24.2. The van der Waals surface area contributed by atoms with Gasteiger partial charge in [-0.25, -0.2) is 24.5 Å². The van der Waals surface area contributed by atoms with Crippen LogP contribution in [0.4, 0.5) is 10.3 Å². The van der Waals surface area contributed by atoms with Crippen LogP contribution in [0.15, 0.2) is 92.8 Å². The molecule has 0 aliphatic carbocycles. The SMILES string of the molecule is C=CSC(/C=C\C1=C(C(=O)OCOC(=O)C(C)(C)C)N2C(=O)C(NC(=O)C(=C)c3csc(NCNc4nc(C(=C)C(=O)N[C@@H]5C(=O)N6C(C(=O)OCOC(=O)C(C)(C)C)=C(/C=C\c7scnc7C)CS[C@H]56)cs4)n3)[C@H]2SC1)=C(/C)N. The van der Waals surface area contributed by atoms with Crippen LogP contribution in [0.5, 0.6) is 0 Å². The Hall–Kier alpha value is -6.98. The minimum absolute atomic E-state index is 0.00557. The first-order chi connectivity index (χ1) is 37.8. The van der Waals surface area contributed by atoms with Gasteiger partial charge in [0.25, 0.3) is 23.6 Å². The molecule has 0 saturated carbocycles. The number of amides is 4. The summed E-state index contributed by atoms with van der Waals surface area (Å²) in [5.74, 6) is -4.81. The van der Waals surface area contributed by atoms with Gasteiger partial charge in [0.2, 0.25) is 13.6 Å². The Morgan fingerprint density at radius 3 is 1.61 bits per heavy atom. The maximum atomic E-state index is 13.8. The van der Waals surface area contributed by atoms with Gasteiger partial charge in [0.05, 0.1) is 51.2 Å². The predicted octanol–water partition coefficient (Wildman–Crippen LogP) is 6.70. The number of thiazole rings is 3. The van der Waals surface area contributed by atoms with Gasteiger partial charge in [-0.2, -0.15) is 0 Å². The third-order valence-electron chi connectivity index (χ3n) is 11.8. The van der Waals surface area contributed by atoms with Gasteiger partial charge in [-0.15, -0.1) is 57.5 Å². The highest BCUT2D eigenvalue weighted by molar-refractivity contribution is 8.06. The summed E-state index contributed by atoms with van der Waals surface area (Å²) in [6.45, 7) is 23.9. The Balaban J connectivity index is 0.909. The summed E-state index contributed by atoms with van der Waals surface area (Å²) in [6.07, 6.45) is 6.88. The number of hydrogen-bond acceptors (Lipinski definition) is 24. The van der Waals surface area contributed by atoms with E-state index in [1.54, 1.807) is 94.4 Å². The molecule has 2 saturated heterocycles. The van der Waals surface area contributed by atoms with Gasteiger partial charge >= 0.3 is 23.9 Å². The molecule has 22 nitrogen and oxygen atoms in total. The number of nitrogens with two attached hydrogens (primary N) is 1. The highest BCUT2D eigenvalue weighted by Gasteiger charge is 2.56. The molecule has 28 heteroatoms. The van der Waals surface area contributed by atoms with Gasteiger partial charge < -0.3 is 45.9 Å². The van der Waals surface area contributed by atoms with Crippen LogP contribution in [-0.2, 0) is 57.3 Å². The van der Waals surface area contributed by atoms with Gasteiger partial charge in [-0.1, -0.05) is 43.7 Å². The summed E-state index contributed by atoms with van der Waals surface area (Å²) in [5.41, 5.74) is 8.71. The summed E-state index contributed by atoms with van der Waals surface area (Å²) in [5, 5.41) is 16.0. The fourth-order valence-corrected chi connectivity index (χ4v) is 12.7. The van der Waals surface area contributed by atoms with Crippen molar-refractivity contribution in [2.75, 3.05) is 42.4 Å². The normalized spacial score (nSPS) is 19.2. The molecule has 3 aromatic rings. The van der Waals surface area contributed by atoms with Crippen molar-refractivity contribution in [1.29, 1.82) is 0 Å². The van der Waals surface area contributed by atoms with Crippen molar-refractivity contribution in [3.8, 4) is 0 Å². The number of aromatic nitrogens is 3. The zero-order valence-electron chi connectivity index (χ0n) is 44.7. The predicted molar refractivity (Wildman–Crippen MR) is 311 cm³/mol. The first kappa shape index (κ1) is 60.7. The average Bonchev–Trinajstić information content (AvgIpc) is 4.25. The number of aryl methyl sites for hydroxylation is 1. The number of nitrogens with one attached hydrogen (secondary N) is 4. The monoisotopic (exact) mass is 1210 g/mol. The number of anilines is 2. The van der Waals surface area contributed by atoms with Crippen molar-refractivity contribution in [2.24, 2.45) is 16.6 Å². The maximum Gasteiger partial charge on any atom is 0.358 e. The van der Waals surface area contributed by atoms with Crippen molar-refractivity contribution in [1.82, 2.24) is 35.4 Å². The van der Waals surface area contributed by atoms with Crippen LogP contribution in [0.1, 0.15) is 70.4 Å². The number of rotatable bonds is 22. The number of β-lactam (4-membered cyclic amide) rings is 2. The molecule has 4 atom stereocenters. The van der Waals surface area contributed by atoms with E-state index in [4.69, 9.17) is 24.7 Å². The number of allylic oxidation sites excluding steroid dienone is 4. The van der Waals surface area contributed by atoms with Crippen molar-refractivity contribution >= 4 is 144 Å². The van der Waals surface area contributed by atoms with Gasteiger partial charge in [0, 0.05) is 37.7 Å². The van der Waals surface area contributed by atoms with E-state index in [9.17, 15) is 38.4 Å². The topological polar surface area (TPSA) is 293 Å². The third kappa shape index (κ3) is 13.9. The molecule has 0 aromatic carbocycles. The number of nitrogens with zero attached hydrogens (tertiary/aromatic N) is 5. The Labute approximate surface area is 485 Å². The Morgan fingerprint density at radius 1 is 0.738 bits per heavy atom. The molecule has 0 spiro atoms. The average molecular weight is 1210 g/mol. The molecule has 0 radical (unpaired) electrons. The fourth-order valence-electron chi connectivity index (χ4n) is 7.41. The van der Waals surface area contributed by atoms with E-state index in [1.807, 2.05) is 6.92 Å². The number of fused-ring (bicyclic) bond motifs is 2. The van der Waals surface area contributed by atoms with E-state index in [1.165, 1.54) is 79.1 Å². The molecule has 7 rings (SSSR count). The summed E-state index contributed by atoms with van der Waals surface area (Å²) in [7, 11) is 0. The van der Waals surface area contributed by atoms with Crippen LogP contribution >= 0.6 is 69.3 Å². The number of thioether (sulfide) groups is 3. The molecule has 6 N–H and O–H groups in total. The van der Waals surface area contributed by atoms with Gasteiger partial charge in [0.1, 0.15) is 34.2 Å².